The van der Waals surface area contributed by atoms with Crippen LogP contribution in [0.25, 0.3) is 0 Å². The highest BCUT2D eigenvalue weighted by atomic mass is 16.5. The van der Waals surface area contributed by atoms with Crippen molar-refractivity contribution in [1.82, 2.24) is 5.32 Å². The van der Waals surface area contributed by atoms with Crippen LogP contribution in [0.15, 0.2) is 0 Å². The lowest BCUT2D eigenvalue weighted by Gasteiger charge is -2.18. The summed E-state index contributed by atoms with van der Waals surface area (Å²) in [5.74, 6) is -1.31. The van der Waals surface area contributed by atoms with E-state index in [1.165, 1.54) is 7.11 Å². The number of hydrogen-bond donors (Lipinski definition) is 3. The molecule has 6 heteroatoms. The second-order valence-electron chi connectivity index (χ2n) is 4.09. The first-order chi connectivity index (χ1) is 7.38. The molecule has 0 heterocycles. The molecule has 0 saturated heterocycles. The van der Waals surface area contributed by atoms with Gasteiger partial charge in [0, 0.05) is 7.11 Å². The normalized spacial score (nSPS) is 14.6. The van der Waals surface area contributed by atoms with E-state index in [-0.39, 0.29) is 12.5 Å². The van der Waals surface area contributed by atoms with Crippen LogP contribution in [-0.4, -0.2) is 42.8 Å². The second-order valence-corrected chi connectivity index (χ2v) is 4.09. The summed E-state index contributed by atoms with van der Waals surface area (Å²) in [6, 6.07) is -1.73. The zero-order valence-electron chi connectivity index (χ0n) is 9.90. The maximum atomic E-state index is 11.5. The number of aliphatic carboxylic acids is 1. The molecule has 0 aliphatic rings. The second kappa shape index (κ2) is 7.19. The van der Waals surface area contributed by atoms with Crippen molar-refractivity contribution in [1.29, 1.82) is 0 Å². The summed E-state index contributed by atoms with van der Waals surface area (Å²) in [4.78, 5) is 22.2. The van der Waals surface area contributed by atoms with E-state index in [0.717, 1.165) is 0 Å². The number of rotatable bonds is 7. The van der Waals surface area contributed by atoms with Crippen LogP contribution in [0.1, 0.15) is 20.3 Å². The standard InChI is InChI=1S/C10H20N2O4/c1-6(2)4-7(11)9(13)12-8(5-16-3)10(14)15/h6-8H,4-5,11H2,1-3H3,(H,12,13)(H,14,15). The van der Waals surface area contributed by atoms with E-state index in [4.69, 9.17) is 15.6 Å². The molecule has 0 spiro atoms. The molecule has 0 aromatic carbocycles. The Hall–Kier alpha value is -1.14. The SMILES string of the molecule is COCC(NC(=O)C(N)CC(C)C)C(=O)O. The van der Waals surface area contributed by atoms with Gasteiger partial charge in [-0.2, -0.15) is 0 Å². The van der Waals surface area contributed by atoms with Crippen molar-refractivity contribution in [2.24, 2.45) is 11.7 Å². The molecule has 1 amide bonds. The van der Waals surface area contributed by atoms with Crippen LogP contribution in [-0.2, 0) is 14.3 Å². The van der Waals surface area contributed by atoms with Gasteiger partial charge in [0.2, 0.25) is 5.91 Å². The number of carboxylic acids is 1. The Labute approximate surface area is 95.1 Å². The fourth-order valence-electron chi connectivity index (χ4n) is 1.24. The molecule has 94 valence electrons. The van der Waals surface area contributed by atoms with Crippen LogP contribution in [0.5, 0.6) is 0 Å². The first-order valence-corrected chi connectivity index (χ1v) is 5.16. The molecule has 0 radical (unpaired) electrons. The van der Waals surface area contributed by atoms with Gasteiger partial charge >= 0.3 is 5.97 Å². The molecule has 0 aromatic rings. The number of hydrogen-bond acceptors (Lipinski definition) is 4. The number of ether oxygens (including phenoxy) is 1. The van der Waals surface area contributed by atoms with Crippen molar-refractivity contribution in [3.05, 3.63) is 0 Å². The van der Waals surface area contributed by atoms with E-state index in [9.17, 15) is 9.59 Å². The lowest BCUT2D eigenvalue weighted by Crippen LogP contribution is -2.50. The summed E-state index contributed by atoms with van der Waals surface area (Å²) < 4.78 is 4.69. The Kier molecular flexibility index (Phi) is 6.67. The molecule has 0 bridgehead atoms. The fraction of sp³-hybridized carbons (Fsp3) is 0.800. The number of carboxylic acid groups (broad SMARTS) is 1. The molecular formula is C10H20N2O4. The first-order valence-electron chi connectivity index (χ1n) is 5.16. The van der Waals surface area contributed by atoms with Gasteiger partial charge in [-0.05, 0) is 12.3 Å². The number of carbonyl (C=O) groups excluding carboxylic acids is 1. The third-order valence-corrected chi connectivity index (χ3v) is 2.01. The fourth-order valence-corrected chi connectivity index (χ4v) is 1.24. The molecule has 0 rings (SSSR count). The topological polar surface area (TPSA) is 102 Å². The summed E-state index contributed by atoms with van der Waals surface area (Å²) in [6.45, 7) is 3.81. The van der Waals surface area contributed by atoms with Crippen molar-refractivity contribution >= 4 is 11.9 Å². The van der Waals surface area contributed by atoms with Crippen LogP contribution in [0.4, 0.5) is 0 Å². The number of nitrogens with one attached hydrogen (secondary N) is 1. The molecule has 0 aliphatic heterocycles. The van der Waals surface area contributed by atoms with Gasteiger partial charge in [0.05, 0.1) is 12.6 Å². The molecule has 6 nitrogen and oxygen atoms in total. The van der Waals surface area contributed by atoms with Gasteiger partial charge in [-0.25, -0.2) is 4.79 Å². The highest BCUT2D eigenvalue weighted by Crippen LogP contribution is 2.02. The monoisotopic (exact) mass is 232 g/mol. The summed E-state index contributed by atoms with van der Waals surface area (Å²) in [6.07, 6.45) is 0.519. The summed E-state index contributed by atoms with van der Waals surface area (Å²) in [5, 5.41) is 11.1. The Bertz CT molecular complexity index is 243. The number of nitrogens with two attached hydrogens (primary N) is 1. The van der Waals surface area contributed by atoms with Crippen LogP contribution >= 0.6 is 0 Å². The predicted molar refractivity (Wildman–Crippen MR) is 58.9 cm³/mol. The van der Waals surface area contributed by atoms with E-state index < -0.39 is 24.0 Å². The molecule has 2 atom stereocenters. The van der Waals surface area contributed by atoms with Crippen molar-refractivity contribution in [3.63, 3.8) is 0 Å². The number of amides is 1. The Morgan fingerprint density at radius 1 is 1.44 bits per heavy atom. The highest BCUT2D eigenvalue weighted by molar-refractivity contribution is 5.86. The van der Waals surface area contributed by atoms with Crippen LogP contribution in [0.2, 0.25) is 0 Å². The van der Waals surface area contributed by atoms with Crippen molar-refractivity contribution < 1.29 is 19.4 Å². The molecule has 4 N–H and O–H groups in total. The van der Waals surface area contributed by atoms with Crippen molar-refractivity contribution in [2.45, 2.75) is 32.4 Å². The maximum absolute atomic E-state index is 11.5. The smallest absolute Gasteiger partial charge is 0.328 e. The molecule has 0 fully saturated rings. The minimum atomic E-state index is -1.13. The molecular weight excluding hydrogens is 212 g/mol. The third kappa shape index (κ3) is 5.67. The predicted octanol–water partition coefficient (Wildman–Crippen LogP) is -0.424. The summed E-state index contributed by atoms with van der Waals surface area (Å²) >= 11 is 0. The maximum Gasteiger partial charge on any atom is 0.328 e. The number of carbonyl (C=O) groups is 2. The Balaban J connectivity index is 4.23. The Morgan fingerprint density at radius 2 is 2.00 bits per heavy atom. The third-order valence-electron chi connectivity index (χ3n) is 2.01. The van der Waals surface area contributed by atoms with Crippen molar-refractivity contribution in [3.8, 4) is 0 Å². The summed E-state index contributed by atoms with van der Waals surface area (Å²) in [7, 11) is 1.37. The minimum Gasteiger partial charge on any atom is -0.480 e. The van der Waals surface area contributed by atoms with E-state index >= 15 is 0 Å². The van der Waals surface area contributed by atoms with E-state index in [2.05, 4.69) is 5.32 Å². The zero-order chi connectivity index (χ0) is 12.7. The van der Waals surface area contributed by atoms with Crippen LogP contribution in [0, 0.1) is 5.92 Å². The molecule has 0 aromatic heterocycles. The minimum absolute atomic E-state index is 0.0739. The van der Waals surface area contributed by atoms with E-state index in [0.29, 0.717) is 6.42 Å². The summed E-state index contributed by atoms with van der Waals surface area (Å²) in [5.41, 5.74) is 5.62. The lowest BCUT2D eigenvalue weighted by atomic mass is 10.0. The van der Waals surface area contributed by atoms with Gasteiger partial charge in [-0.3, -0.25) is 4.79 Å². The van der Waals surface area contributed by atoms with E-state index in [1.54, 1.807) is 0 Å². The van der Waals surface area contributed by atoms with Gasteiger partial charge in [0.1, 0.15) is 0 Å². The molecule has 2 unspecified atom stereocenters. The Morgan fingerprint density at radius 3 is 2.38 bits per heavy atom. The van der Waals surface area contributed by atoms with E-state index in [1.807, 2.05) is 13.8 Å². The average molecular weight is 232 g/mol. The van der Waals surface area contributed by atoms with Gasteiger partial charge in [0.15, 0.2) is 6.04 Å². The number of methoxy groups -OCH3 is 1. The van der Waals surface area contributed by atoms with Crippen molar-refractivity contribution in [2.75, 3.05) is 13.7 Å². The van der Waals surface area contributed by atoms with Gasteiger partial charge < -0.3 is 20.9 Å². The highest BCUT2D eigenvalue weighted by Gasteiger charge is 2.23. The quantitative estimate of drug-likeness (QED) is 0.553. The molecule has 0 aliphatic carbocycles. The first kappa shape index (κ1) is 14.9. The van der Waals surface area contributed by atoms with Crippen LogP contribution in [0.3, 0.4) is 0 Å². The zero-order valence-corrected chi connectivity index (χ0v) is 9.90. The largest absolute Gasteiger partial charge is 0.480 e. The van der Waals surface area contributed by atoms with Gasteiger partial charge in [-0.1, -0.05) is 13.8 Å². The average Bonchev–Trinajstić information content (AvgIpc) is 2.15. The van der Waals surface area contributed by atoms with Gasteiger partial charge in [0.25, 0.3) is 0 Å². The lowest BCUT2D eigenvalue weighted by molar-refractivity contribution is -0.143. The molecule has 16 heavy (non-hydrogen) atoms. The van der Waals surface area contributed by atoms with Gasteiger partial charge in [-0.15, -0.1) is 0 Å². The molecule has 0 saturated carbocycles. The van der Waals surface area contributed by atoms with Crippen LogP contribution < -0.4 is 11.1 Å².